The molecule has 1 aromatic rings. The van der Waals surface area contributed by atoms with Crippen molar-refractivity contribution >= 4 is 24.5 Å². The molecule has 18 heavy (non-hydrogen) atoms. The van der Waals surface area contributed by atoms with Crippen LogP contribution in [0.15, 0.2) is 30.3 Å². The van der Waals surface area contributed by atoms with Gasteiger partial charge in [-0.2, -0.15) is 12.6 Å². The van der Waals surface area contributed by atoms with Crippen LogP contribution in [-0.2, 0) is 16.0 Å². The molecule has 1 aromatic carbocycles. The van der Waals surface area contributed by atoms with E-state index in [1.54, 1.807) is 24.3 Å². The van der Waals surface area contributed by atoms with Crippen molar-refractivity contribution in [2.75, 3.05) is 5.75 Å². The monoisotopic (exact) mass is 269 g/mol. The highest BCUT2D eigenvalue weighted by molar-refractivity contribution is 7.81. The fourth-order valence-corrected chi connectivity index (χ4v) is 1.63. The molecule has 0 saturated carbocycles. The van der Waals surface area contributed by atoms with Gasteiger partial charge in [0.05, 0.1) is 11.8 Å². The van der Waals surface area contributed by atoms with Gasteiger partial charge < -0.3 is 15.5 Å². The molecule has 0 radical (unpaired) electrons. The Morgan fingerprint density at radius 3 is 2.39 bits per heavy atom. The molecule has 6 heteroatoms. The molecular formula is C12H15NO4S. The third-order valence-electron chi connectivity index (χ3n) is 2.42. The van der Waals surface area contributed by atoms with Gasteiger partial charge in [-0.05, 0) is 12.0 Å². The molecule has 3 N–H and O–H groups in total. The van der Waals surface area contributed by atoms with Gasteiger partial charge in [0.15, 0.2) is 6.10 Å². The van der Waals surface area contributed by atoms with Gasteiger partial charge in [0.25, 0.3) is 0 Å². The van der Waals surface area contributed by atoms with Crippen LogP contribution in [0.1, 0.15) is 5.56 Å². The van der Waals surface area contributed by atoms with E-state index >= 15 is 0 Å². The summed E-state index contributed by atoms with van der Waals surface area (Å²) in [6, 6.07) is 8.17. The van der Waals surface area contributed by atoms with Crippen LogP contribution in [0, 0.1) is 0 Å². The Hall–Kier alpha value is -1.53. The Bertz CT molecular complexity index is 410. The molecule has 0 fully saturated rings. The maximum Gasteiger partial charge on any atom is 0.334 e. The minimum absolute atomic E-state index is 0.0579. The van der Waals surface area contributed by atoms with E-state index in [0.717, 1.165) is 5.56 Å². The van der Waals surface area contributed by atoms with Crippen molar-refractivity contribution < 1.29 is 19.8 Å². The molecule has 1 rings (SSSR count). The number of benzene rings is 1. The summed E-state index contributed by atoms with van der Waals surface area (Å²) in [4.78, 5) is 22.0. The smallest absolute Gasteiger partial charge is 0.334 e. The average Bonchev–Trinajstić information content (AvgIpc) is 2.38. The fourth-order valence-electron chi connectivity index (χ4n) is 1.53. The van der Waals surface area contributed by atoms with Crippen LogP contribution in [0.25, 0.3) is 0 Å². The Morgan fingerprint density at radius 2 is 1.89 bits per heavy atom. The highest BCUT2D eigenvalue weighted by Gasteiger charge is 2.27. The van der Waals surface area contributed by atoms with E-state index in [0.29, 0.717) is 0 Å². The first-order chi connectivity index (χ1) is 8.54. The lowest BCUT2D eigenvalue weighted by Gasteiger charge is -2.21. The summed E-state index contributed by atoms with van der Waals surface area (Å²) >= 11 is 3.80. The molecule has 5 nitrogen and oxygen atoms in total. The maximum absolute atomic E-state index is 11.2. The van der Waals surface area contributed by atoms with E-state index in [-0.39, 0.29) is 12.2 Å². The predicted octanol–water partition coefficient (Wildman–Crippen LogP) is 0.0892. The topological polar surface area (TPSA) is 86.6 Å². The number of rotatable bonds is 6. The summed E-state index contributed by atoms with van der Waals surface area (Å²) < 4.78 is 0. The number of carboxylic acids is 1. The van der Waals surface area contributed by atoms with Gasteiger partial charge in [0.2, 0.25) is 5.91 Å². The van der Waals surface area contributed by atoms with Crippen LogP contribution in [0.2, 0.25) is 0 Å². The van der Waals surface area contributed by atoms with Gasteiger partial charge in [-0.25, -0.2) is 4.79 Å². The number of carboxylic acid groups (broad SMARTS) is 1. The van der Waals surface area contributed by atoms with Gasteiger partial charge in [0, 0.05) is 0 Å². The standard InChI is InChI=1S/C12H15NO4S/c14-10(7-18)13-9(11(15)12(16)17)6-8-4-2-1-3-5-8/h1-5,9,11,15,18H,6-7H2,(H,13,14)(H,16,17)/t9-,11+/m1/s1. The first-order valence-electron chi connectivity index (χ1n) is 5.39. The Balaban J connectivity index is 2.77. The van der Waals surface area contributed by atoms with Gasteiger partial charge in [-0.15, -0.1) is 0 Å². The van der Waals surface area contributed by atoms with Crippen molar-refractivity contribution in [3.05, 3.63) is 35.9 Å². The Morgan fingerprint density at radius 1 is 1.28 bits per heavy atom. The fraction of sp³-hybridized carbons (Fsp3) is 0.333. The molecule has 98 valence electrons. The minimum Gasteiger partial charge on any atom is -0.479 e. The number of carbonyl (C=O) groups excluding carboxylic acids is 1. The summed E-state index contributed by atoms with van der Waals surface area (Å²) in [6.07, 6.45) is -1.40. The van der Waals surface area contributed by atoms with E-state index in [1.165, 1.54) is 0 Å². The van der Waals surface area contributed by atoms with Gasteiger partial charge in [-0.1, -0.05) is 30.3 Å². The lowest BCUT2D eigenvalue weighted by molar-refractivity contribution is -0.148. The molecule has 0 aliphatic heterocycles. The lowest BCUT2D eigenvalue weighted by Crippen LogP contribution is -2.48. The molecule has 0 aromatic heterocycles. The second-order valence-electron chi connectivity index (χ2n) is 3.80. The number of nitrogens with one attached hydrogen (secondary N) is 1. The van der Waals surface area contributed by atoms with E-state index in [9.17, 15) is 14.7 Å². The normalized spacial score (nSPS) is 13.7. The molecule has 2 atom stereocenters. The number of amides is 1. The second-order valence-corrected chi connectivity index (χ2v) is 4.12. The number of aliphatic carboxylic acids is 1. The molecule has 0 unspecified atom stereocenters. The van der Waals surface area contributed by atoms with Crippen LogP contribution in [-0.4, -0.2) is 40.0 Å². The first kappa shape index (κ1) is 14.5. The van der Waals surface area contributed by atoms with Crippen molar-refractivity contribution in [1.29, 1.82) is 0 Å². The summed E-state index contributed by atoms with van der Waals surface area (Å²) in [7, 11) is 0. The van der Waals surface area contributed by atoms with Gasteiger partial charge in [0.1, 0.15) is 0 Å². The Kier molecular flexibility index (Phi) is 5.67. The largest absolute Gasteiger partial charge is 0.479 e. The molecular weight excluding hydrogens is 254 g/mol. The SMILES string of the molecule is O=C(CS)N[C@H](Cc1ccccc1)[C@H](O)C(=O)O. The zero-order valence-corrected chi connectivity index (χ0v) is 10.5. The molecule has 0 bridgehead atoms. The number of carbonyl (C=O) groups is 2. The van der Waals surface area contributed by atoms with Crippen molar-refractivity contribution in [3.63, 3.8) is 0 Å². The highest BCUT2D eigenvalue weighted by Crippen LogP contribution is 2.07. The highest BCUT2D eigenvalue weighted by atomic mass is 32.1. The zero-order chi connectivity index (χ0) is 13.5. The molecule has 0 aliphatic rings. The van der Waals surface area contributed by atoms with Gasteiger partial charge >= 0.3 is 5.97 Å². The molecule has 0 saturated heterocycles. The van der Waals surface area contributed by atoms with Crippen LogP contribution < -0.4 is 5.32 Å². The van der Waals surface area contributed by atoms with Crippen LogP contribution in [0.5, 0.6) is 0 Å². The third kappa shape index (κ3) is 4.38. The van der Waals surface area contributed by atoms with E-state index in [1.807, 2.05) is 6.07 Å². The maximum atomic E-state index is 11.2. The van der Waals surface area contributed by atoms with Crippen LogP contribution >= 0.6 is 12.6 Å². The van der Waals surface area contributed by atoms with E-state index < -0.39 is 24.0 Å². The van der Waals surface area contributed by atoms with Crippen molar-refractivity contribution in [2.24, 2.45) is 0 Å². The molecule has 0 aliphatic carbocycles. The number of aliphatic hydroxyl groups is 1. The minimum atomic E-state index is -1.64. The zero-order valence-electron chi connectivity index (χ0n) is 9.61. The number of hydrogen-bond acceptors (Lipinski definition) is 4. The van der Waals surface area contributed by atoms with Crippen LogP contribution in [0.4, 0.5) is 0 Å². The van der Waals surface area contributed by atoms with Gasteiger partial charge in [-0.3, -0.25) is 4.79 Å². The first-order valence-corrected chi connectivity index (χ1v) is 6.03. The average molecular weight is 269 g/mol. The van der Waals surface area contributed by atoms with Crippen molar-refractivity contribution in [2.45, 2.75) is 18.6 Å². The third-order valence-corrected chi connectivity index (χ3v) is 2.71. The summed E-state index contributed by atoms with van der Waals surface area (Å²) in [5.41, 5.74) is 0.835. The molecule has 1 amide bonds. The Labute approximate surface area is 110 Å². The predicted molar refractivity (Wildman–Crippen MR) is 69.6 cm³/mol. The summed E-state index contributed by atoms with van der Waals surface area (Å²) in [6.45, 7) is 0. The molecule has 0 spiro atoms. The number of aliphatic hydroxyl groups excluding tert-OH is 1. The van der Waals surface area contributed by atoms with Crippen LogP contribution in [0.3, 0.4) is 0 Å². The lowest BCUT2D eigenvalue weighted by atomic mass is 10.0. The van der Waals surface area contributed by atoms with Crippen molar-refractivity contribution in [1.82, 2.24) is 5.32 Å². The molecule has 0 heterocycles. The number of hydrogen-bond donors (Lipinski definition) is 4. The number of thiol groups is 1. The second kappa shape index (κ2) is 7.03. The summed E-state index contributed by atoms with van der Waals surface area (Å²) in [5, 5.41) is 20.8. The summed E-state index contributed by atoms with van der Waals surface area (Å²) in [5.74, 6) is -1.84. The quantitative estimate of drug-likeness (QED) is 0.551. The van der Waals surface area contributed by atoms with E-state index in [2.05, 4.69) is 17.9 Å². The van der Waals surface area contributed by atoms with E-state index in [4.69, 9.17) is 5.11 Å². The van der Waals surface area contributed by atoms with Crippen molar-refractivity contribution in [3.8, 4) is 0 Å².